The van der Waals surface area contributed by atoms with E-state index in [2.05, 4.69) is 10.3 Å². The van der Waals surface area contributed by atoms with Crippen LogP contribution in [0, 0.1) is 0 Å². The van der Waals surface area contributed by atoms with Crippen molar-refractivity contribution >= 4 is 17.9 Å². The quantitative estimate of drug-likeness (QED) is 0.820. The Labute approximate surface area is 116 Å². The second kappa shape index (κ2) is 6.29. The second-order valence-electron chi connectivity index (χ2n) is 4.02. The molecule has 0 aliphatic rings. The molecule has 0 saturated carbocycles. The fourth-order valence-electron chi connectivity index (χ4n) is 1.58. The van der Waals surface area contributed by atoms with Crippen molar-refractivity contribution in [3.63, 3.8) is 0 Å². The molecule has 0 unspecified atom stereocenters. The van der Waals surface area contributed by atoms with E-state index in [4.69, 9.17) is 5.73 Å². The number of hydrogen-bond donors (Lipinski definition) is 2. The summed E-state index contributed by atoms with van der Waals surface area (Å²) in [5.74, 6) is -1.09. The average Bonchev–Trinajstić information content (AvgIpc) is 2.48. The summed E-state index contributed by atoms with van der Waals surface area (Å²) in [5, 5.41) is 2.51. The van der Waals surface area contributed by atoms with Crippen LogP contribution in [0.5, 0.6) is 0 Å². The Bertz CT molecular complexity index is 637. The molecule has 1 aromatic heterocycles. The summed E-state index contributed by atoms with van der Waals surface area (Å²) in [5.41, 5.74) is 6.48. The van der Waals surface area contributed by atoms with E-state index in [1.54, 1.807) is 54.9 Å². The van der Waals surface area contributed by atoms with Crippen molar-refractivity contribution in [3.8, 4) is 0 Å². The molecule has 5 nitrogen and oxygen atoms in total. The van der Waals surface area contributed by atoms with Gasteiger partial charge in [0, 0.05) is 18.0 Å². The molecule has 1 heterocycles. The molecule has 2 rings (SSSR count). The standard InChI is InChI=1S/C15H13N3O2/c16-14(19)13(10-11-6-8-17-9-7-11)18-15(20)12-4-2-1-3-5-12/h1-10H,(H2,16,19)(H,18,20). The molecule has 20 heavy (non-hydrogen) atoms. The first kappa shape index (κ1) is 13.5. The number of benzene rings is 1. The minimum absolute atomic E-state index is 0.0325. The number of hydrogen-bond acceptors (Lipinski definition) is 3. The summed E-state index contributed by atoms with van der Waals surface area (Å²) in [7, 11) is 0. The molecule has 2 aromatic rings. The molecular formula is C15H13N3O2. The van der Waals surface area contributed by atoms with E-state index < -0.39 is 5.91 Å². The Morgan fingerprint density at radius 1 is 1.05 bits per heavy atom. The van der Waals surface area contributed by atoms with E-state index in [0.717, 1.165) is 5.56 Å². The number of rotatable bonds is 4. The third-order valence-electron chi connectivity index (χ3n) is 2.57. The molecule has 2 amide bonds. The first-order chi connectivity index (χ1) is 9.66. The Morgan fingerprint density at radius 3 is 2.30 bits per heavy atom. The van der Waals surface area contributed by atoms with Crippen molar-refractivity contribution in [2.75, 3.05) is 0 Å². The molecule has 1 aromatic carbocycles. The number of carbonyl (C=O) groups excluding carboxylic acids is 2. The van der Waals surface area contributed by atoms with Crippen molar-refractivity contribution in [2.24, 2.45) is 5.73 Å². The van der Waals surface area contributed by atoms with Crippen molar-refractivity contribution in [3.05, 3.63) is 71.7 Å². The number of amides is 2. The van der Waals surface area contributed by atoms with Gasteiger partial charge in [0.05, 0.1) is 0 Å². The summed E-state index contributed by atoms with van der Waals surface area (Å²) in [4.78, 5) is 27.2. The topological polar surface area (TPSA) is 85.1 Å². The van der Waals surface area contributed by atoms with Gasteiger partial charge in [0.15, 0.2) is 0 Å². The van der Waals surface area contributed by atoms with Crippen LogP contribution in [0.4, 0.5) is 0 Å². The third kappa shape index (κ3) is 3.52. The highest BCUT2D eigenvalue weighted by Crippen LogP contribution is 2.05. The number of aromatic nitrogens is 1. The van der Waals surface area contributed by atoms with E-state index >= 15 is 0 Å². The van der Waals surface area contributed by atoms with E-state index in [0.29, 0.717) is 5.56 Å². The molecule has 0 aliphatic carbocycles. The molecule has 0 saturated heterocycles. The maximum absolute atomic E-state index is 12.0. The fourth-order valence-corrected chi connectivity index (χ4v) is 1.58. The van der Waals surface area contributed by atoms with Crippen LogP contribution in [0.3, 0.4) is 0 Å². The van der Waals surface area contributed by atoms with Gasteiger partial charge in [-0.05, 0) is 35.9 Å². The van der Waals surface area contributed by atoms with Crippen LogP contribution >= 0.6 is 0 Å². The summed E-state index contributed by atoms with van der Waals surface area (Å²) in [6, 6.07) is 12.0. The summed E-state index contributed by atoms with van der Waals surface area (Å²) in [6.07, 6.45) is 4.68. The van der Waals surface area contributed by atoms with Crippen LogP contribution < -0.4 is 11.1 Å². The zero-order valence-corrected chi connectivity index (χ0v) is 10.6. The lowest BCUT2D eigenvalue weighted by atomic mass is 10.2. The van der Waals surface area contributed by atoms with Crippen LogP contribution in [0.15, 0.2) is 60.6 Å². The van der Waals surface area contributed by atoms with E-state index in [1.807, 2.05) is 0 Å². The van der Waals surface area contributed by atoms with E-state index in [1.165, 1.54) is 6.08 Å². The van der Waals surface area contributed by atoms with Gasteiger partial charge < -0.3 is 11.1 Å². The predicted molar refractivity (Wildman–Crippen MR) is 75.3 cm³/mol. The third-order valence-corrected chi connectivity index (χ3v) is 2.57. The Kier molecular flexibility index (Phi) is 4.24. The first-order valence-corrected chi connectivity index (χ1v) is 5.95. The van der Waals surface area contributed by atoms with Crippen molar-refractivity contribution in [1.82, 2.24) is 10.3 Å². The molecule has 0 bridgehead atoms. The molecular weight excluding hydrogens is 254 g/mol. The van der Waals surface area contributed by atoms with Gasteiger partial charge in [0.25, 0.3) is 11.8 Å². The summed E-state index contributed by atoms with van der Waals surface area (Å²) < 4.78 is 0. The van der Waals surface area contributed by atoms with E-state index in [9.17, 15) is 9.59 Å². The van der Waals surface area contributed by atoms with Gasteiger partial charge in [0.2, 0.25) is 0 Å². The number of nitrogens with one attached hydrogen (secondary N) is 1. The number of pyridine rings is 1. The van der Waals surface area contributed by atoms with Crippen LogP contribution in [0.25, 0.3) is 6.08 Å². The highest BCUT2D eigenvalue weighted by molar-refractivity contribution is 6.04. The van der Waals surface area contributed by atoms with Crippen LogP contribution in [0.1, 0.15) is 15.9 Å². The lowest BCUT2D eigenvalue weighted by Gasteiger charge is -2.06. The van der Waals surface area contributed by atoms with Crippen LogP contribution in [-0.2, 0) is 4.79 Å². The summed E-state index contributed by atoms with van der Waals surface area (Å²) in [6.45, 7) is 0. The smallest absolute Gasteiger partial charge is 0.265 e. The maximum Gasteiger partial charge on any atom is 0.265 e. The second-order valence-corrected chi connectivity index (χ2v) is 4.02. The van der Waals surface area contributed by atoms with Gasteiger partial charge in [-0.1, -0.05) is 18.2 Å². The number of primary amides is 1. The summed E-state index contributed by atoms with van der Waals surface area (Å²) >= 11 is 0. The maximum atomic E-state index is 12.0. The predicted octanol–water partition coefficient (Wildman–Crippen LogP) is 1.34. The molecule has 100 valence electrons. The molecule has 3 N–H and O–H groups in total. The zero-order valence-electron chi connectivity index (χ0n) is 10.6. The monoisotopic (exact) mass is 267 g/mol. The lowest BCUT2D eigenvalue weighted by Crippen LogP contribution is -2.31. The molecule has 0 spiro atoms. The lowest BCUT2D eigenvalue weighted by molar-refractivity contribution is -0.114. The molecule has 0 fully saturated rings. The van der Waals surface area contributed by atoms with Gasteiger partial charge in [-0.15, -0.1) is 0 Å². The number of nitrogens with two attached hydrogens (primary N) is 1. The van der Waals surface area contributed by atoms with Crippen LogP contribution in [-0.4, -0.2) is 16.8 Å². The molecule has 0 radical (unpaired) electrons. The number of nitrogens with zero attached hydrogens (tertiary/aromatic N) is 1. The van der Waals surface area contributed by atoms with Crippen LogP contribution in [0.2, 0.25) is 0 Å². The molecule has 5 heteroatoms. The first-order valence-electron chi connectivity index (χ1n) is 5.95. The fraction of sp³-hybridized carbons (Fsp3) is 0. The van der Waals surface area contributed by atoms with Gasteiger partial charge in [-0.25, -0.2) is 0 Å². The van der Waals surface area contributed by atoms with Gasteiger partial charge in [-0.2, -0.15) is 0 Å². The van der Waals surface area contributed by atoms with Gasteiger partial charge >= 0.3 is 0 Å². The van der Waals surface area contributed by atoms with Gasteiger partial charge in [-0.3, -0.25) is 14.6 Å². The molecule has 0 aliphatic heterocycles. The minimum atomic E-state index is -0.703. The minimum Gasteiger partial charge on any atom is -0.364 e. The Morgan fingerprint density at radius 2 is 1.70 bits per heavy atom. The normalized spacial score (nSPS) is 10.9. The van der Waals surface area contributed by atoms with Crippen molar-refractivity contribution in [1.29, 1.82) is 0 Å². The number of carbonyl (C=O) groups is 2. The largest absolute Gasteiger partial charge is 0.364 e. The average molecular weight is 267 g/mol. The Balaban J connectivity index is 2.21. The Hall–Kier alpha value is -2.95. The highest BCUT2D eigenvalue weighted by atomic mass is 16.2. The van der Waals surface area contributed by atoms with E-state index in [-0.39, 0.29) is 11.6 Å². The molecule has 0 atom stereocenters. The van der Waals surface area contributed by atoms with Gasteiger partial charge in [0.1, 0.15) is 5.70 Å². The SMILES string of the molecule is NC(=O)C(=Cc1ccncc1)NC(=O)c1ccccc1. The zero-order chi connectivity index (χ0) is 14.4. The highest BCUT2D eigenvalue weighted by Gasteiger charge is 2.11. The van der Waals surface area contributed by atoms with Crippen molar-refractivity contribution in [2.45, 2.75) is 0 Å². The van der Waals surface area contributed by atoms with Crippen molar-refractivity contribution < 1.29 is 9.59 Å².